The first-order chi connectivity index (χ1) is 14.0. The molecule has 4 rings (SSSR count). The Balaban J connectivity index is 1.60. The van der Waals surface area contributed by atoms with Crippen molar-refractivity contribution >= 4 is 28.2 Å². The summed E-state index contributed by atoms with van der Waals surface area (Å²) < 4.78 is 0. The lowest BCUT2D eigenvalue weighted by atomic mass is 10.0. The van der Waals surface area contributed by atoms with Gasteiger partial charge in [-0.25, -0.2) is 0 Å². The van der Waals surface area contributed by atoms with Crippen molar-refractivity contribution in [3.63, 3.8) is 0 Å². The van der Waals surface area contributed by atoms with Gasteiger partial charge >= 0.3 is 0 Å². The highest BCUT2D eigenvalue weighted by molar-refractivity contribution is 5.97. The van der Waals surface area contributed by atoms with E-state index < -0.39 is 10.8 Å². The fourth-order valence-electron chi connectivity index (χ4n) is 2.96. The van der Waals surface area contributed by atoms with Gasteiger partial charge in [-0.05, 0) is 29.3 Å². The molecule has 1 heterocycles. The number of nitrogens with zero attached hydrogens (tertiary/aromatic N) is 3. The van der Waals surface area contributed by atoms with Crippen molar-refractivity contribution in [3.05, 3.63) is 88.5 Å². The highest BCUT2D eigenvalue weighted by Crippen LogP contribution is 2.37. The quantitative estimate of drug-likeness (QED) is 0.278. The Labute approximate surface area is 164 Å². The summed E-state index contributed by atoms with van der Waals surface area (Å²) in [5, 5.41) is 28.8. The van der Waals surface area contributed by atoms with Gasteiger partial charge < -0.3 is 10.1 Å². The normalized spacial score (nSPS) is 11.2. The van der Waals surface area contributed by atoms with E-state index in [-0.39, 0.29) is 17.3 Å². The van der Waals surface area contributed by atoms with E-state index in [0.29, 0.717) is 16.5 Å². The molecular formula is C21H14N4O4. The number of H-pyrrole nitrogens is 1. The molecule has 29 heavy (non-hydrogen) atoms. The Morgan fingerprint density at radius 2 is 1.66 bits per heavy atom. The molecule has 4 aromatic rings. The summed E-state index contributed by atoms with van der Waals surface area (Å²) in [4.78, 5) is 25.4. The second-order valence-corrected chi connectivity index (χ2v) is 6.26. The van der Waals surface area contributed by atoms with Crippen LogP contribution in [0.2, 0.25) is 0 Å². The molecule has 0 spiro atoms. The first-order valence-corrected chi connectivity index (χ1v) is 8.63. The number of aromatic hydroxyl groups is 1. The maximum atomic E-state index is 12.3. The lowest BCUT2D eigenvalue weighted by molar-refractivity contribution is -0.384. The molecule has 1 aromatic heterocycles. The number of nitrogens with one attached hydrogen (secondary N) is 1. The van der Waals surface area contributed by atoms with Crippen LogP contribution < -0.4 is 0 Å². The minimum atomic E-state index is -0.594. The minimum absolute atomic E-state index is 0.0297. The maximum absolute atomic E-state index is 12.3. The summed E-state index contributed by atoms with van der Waals surface area (Å²) in [5.74, 6) is -0.916. The molecule has 0 saturated heterocycles. The summed E-state index contributed by atoms with van der Waals surface area (Å²) in [6, 6.07) is 20.7. The Bertz CT molecular complexity index is 1250. The second-order valence-electron chi connectivity index (χ2n) is 6.26. The van der Waals surface area contributed by atoms with Crippen molar-refractivity contribution in [2.75, 3.05) is 0 Å². The smallest absolute Gasteiger partial charge is 0.295 e. The zero-order valence-corrected chi connectivity index (χ0v) is 14.9. The number of nitro groups is 1. The number of aromatic nitrogens is 1. The lowest BCUT2D eigenvalue weighted by Crippen LogP contribution is -1.93. The maximum Gasteiger partial charge on any atom is 0.295 e. The molecule has 2 N–H and O–H groups in total. The molecule has 0 bridgehead atoms. The van der Waals surface area contributed by atoms with E-state index in [0.717, 1.165) is 11.1 Å². The molecule has 8 heteroatoms. The van der Waals surface area contributed by atoms with Gasteiger partial charge in [-0.3, -0.25) is 14.9 Å². The number of nitro benzene ring substituents is 1. The Morgan fingerprint density at radius 3 is 2.34 bits per heavy atom. The van der Waals surface area contributed by atoms with E-state index in [4.69, 9.17) is 0 Å². The van der Waals surface area contributed by atoms with Crippen LogP contribution in [0.5, 0.6) is 5.88 Å². The predicted octanol–water partition coefficient (Wildman–Crippen LogP) is 5.37. The highest BCUT2D eigenvalue weighted by Gasteiger charge is 2.15. The standard InChI is InChI=1S/C21H14N4O4/c26-20(15-8-6-14(7-9-15)13-4-2-1-3-5-13)24-23-19-17-12-16(25(28)29)10-11-18(17)22-21(19)27/h1-12,22,27H. The van der Waals surface area contributed by atoms with Gasteiger partial charge in [-0.2, -0.15) is 0 Å². The van der Waals surface area contributed by atoms with Gasteiger partial charge in [0.15, 0.2) is 5.69 Å². The summed E-state index contributed by atoms with van der Waals surface area (Å²) in [6.45, 7) is 0. The van der Waals surface area contributed by atoms with Gasteiger partial charge in [0.05, 0.1) is 10.4 Å². The van der Waals surface area contributed by atoms with Crippen LogP contribution in [0.25, 0.3) is 22.0 Å². The third-order valence-electron chi connectivity index (χ3n) is 4.43. The summed E-state index contributed by atoms with van der Waals surface area (Å²) >= 11 is 0. The zero-order chi connectivity index (χ0) is 20.4. The molecule has 0 unspecified atom stereocenters. The Hall–Kier alpha value is -4.33. The van der Waals surface area contributed by atoms with Crippen LogP contribution in [0, 0.1) is 10.1 Å². The van der Waals surface area contributed by atoms with E-state index >= 15 is 0 Å². The second kappa shape index (κ2) is 7.35. The third kappa shape index (κ3) is 3.59. The first kappa shape index (κ1) is 18.1. The molecule has 3 aromatic carbocycles. The highest BCUT2D eigenvalue weighted by atomic mass is 16.6. The molecule has 8 nitrogen and oxygen atoms in total. The van der Waals surface area contributed by atoms with Gasteiger partial charge in [0.1, 0.15) is 0 Å². The number of non-ortho nitro benzene ring substituents is 1. The first-order valence-electron chi connectivity index (χ1n) is 8.63. The van der Waals surface area contributed by atoms with Crippen LogP contribution in [0.15, 0.2) is 83.0 Å². The van der Waals surface area contributed by atoms with E-state index in [1.54, 1.807) is 12.1 Å². The number of carbonyl (C=O) groups is 1. The molecule has 0 saturated carbocycles. The average Bonchev–Trinajstić information content (AvgIpc) is 3.07. The van der Waals surface area contributed by atoms with Crippen LogP contribution >= 0.6 is 0 Å². The van der Waals surface area contributed by atoms with Crippen LogP contribution in [0.3, 0.4) is 0 Å². The monoisotopic (exact) mass is 386 g/mol. The molecule has 0 aliphatic rings. The van der Waals surface area contributed by atoms with Gasteiger partial charge in [0, 0.05) is 23.1 Å². The number of fused-ring (bicyclic) bond motifs is 1. The van der Waals surface area contributed by atoms with Crippen LogP contribution in [-0.4, -0.2) is 20.9 Å². The number of carbonyl (C=O) groups excluding carboxylic acids is 1. The van der Waals surface area contributed by atoms with Gasteiger partial charge in [-0.15, -0.1) is 10.2 Å². The number of rotatable bonds is 4. The number of amides is 1. The van der Waals surface area contributed by atoms with Gasteiger partial charge in [0.2, 0.25) is 5.88 Å². The average molecular weight is 386 g/mol. The molecule has 0 fully saturated rings. The van der Waals surface area contributed by atoms with Crippen molar-refractivity contribution < 1.29 is 14.8 Å². The third-order valence-corrected chi connectivity index (χ3v) is 4.43. The van der Waals surface area contributed by atoms with Gasteiger partial charge in [0.25, 0.3) is 11.6 Å². The van der Waals surface area contributed by atoms with Crippen molar-refractivity contribution in [3.8, 4) is 17.0 Å². The summed E-state index contributed by atoms with van der Waals surface area (Å²) in [5.41, 5.74) is 2.58. The zero-order valence-electron chi connectivity index (χ0n) is 14.9. The number of hydrogen-bond donors (Lipinski definition) is 2. The Kier molecular flexibility index (Phi) is 4.58. The lowest BCUT2D eigenvalue weighted by Gasteiger charge is -2.01. The molecule has 0 aliphatic carbocycles. The van der Waals surface area contributed by atoms with E-state index in [1.165, 1.54) is 18.2 Å². The van der Waals surface area contributed by atoms with Crippen LogP contribution in [-0.2, 0) is 0 Å². The van der Waals surface area contributed by atoms with Crippen molar-refractivity contribution in [2.24, 2.45) is 10.2 Å². The van der Waals surface area contributed by atoms with Gasteiger partial charge in [-0.1, -0.05) is 42.5 Å². The van der Waals surface area contributed by atoms with Crippen molar-refractivity contribution in [2.45, 2.75) is 0 Å². The van der Waals surface area contributed by atoms with Crippen molar-refractivity contribution in [1.82, 2.24) is 4.98 Å². The summed E-state index contributed by atoms with van der Waals surface area (Å²) in [6.07, 6.45) is 0. The molecule has 0 radical (unpaired) electrons. The Morgan fingerprint density at radius 1 is 0.966 bits per heavy atom. The molecule has 0 aliphatic heterocycles. The van der Waals surface area contributed by atoms with Crippen LogP contribution in [0.4, 0.5) is 11.4 Å². The summed E-state index contributed by atoms with van der Waals surface area (Å²) in [7, 11) is 0. The van der Waals surface area contributed by atoms with Crippen LogP contribution in [0.1, 0.15) is 10.4 Å². The largest absolute Gasteiger partial charge is 0.493 e. The molecule has 1 amide bonds. The number of aromatic amines is 1. The minimum Gasteiger partial charge on any atom is -0.493 e. The topological polar surface area (TPSA) is 121 Å². The SMILES string of the molecule is O=C(N=Nc1c(O)[nH]c2ccc([N+](=O)[O-])cc12)c1ccc(-c2ccccc2)cc1. The fraction of sp³-hybridized carbons (Fsp3) is 0. The molecule has 142 valence electrons. The molecule has 0 atom stereocenters. The predicted molar refractivity (Wildman–Crippen MR) is 107 cm³/mol. The molecular weight excluding hydrogens is 372 g/mol. The fourth-order valence-corrected chi connectivity index (χ4v) is 2.96. The number of benzene rings is 3. The van der Waals surface area contributed by atoms with E-state index in [9.17, 15) is 20.0 Å². The van der Waals surface area contributed by atoms with E-state index in [1.807, 2.05) is 42.5 Å². The number of hydrogen-bond acceptors (Lipinski definition) is 5. The van der Waals surface area contributed by atoms with Crippen molar-refractivity contribution in [1.29, 1.82) is 0 Å². The number of azo groups is 1. The van der Waals surface area contributed by atoms with E-state index in [2.05, 4.69) is 15.2 Å².